The molecule has 9 nitrogen and oxygen atoms in total. The van der Waals surface area contributed by atoms with E-state index in [-0.39, 0.29) is 22.0 Å². The van der Waals surface area contributed by atoms with Crippen LogP contribution in [-0.2, 0) is 29.4 Å². The van der Waals surface area contributed by atoms with Gasteiger partial charge in [-0.15, -0.1) is 0 Å². The van der Waals surface area contributed by atoms with Crippen LogP contribution in [0.2, 0.25) is 0 Å². The number of benzene rings is 1. The smallest absolute Gasteiger partial charge is 0.338 e. The highest BCUT2D eigenvalue weighted by Gasteiger charge is 2.29. The van der Waals surface area contributed by atoms with E-state index in [4.69, 9.17) is 4.74 Å². The molecule has 2 rings (SSSR count). The molecule has 1 heterocycles. The van der Waals surface area contributed by atoms with Crippen molar-refractivity contribution in [2.75, 3.05) is 32.2 Å². The number of esters is 1. The van der Waals surface area contributed by atoms with Crippen molar-refractivity contribution >= 4 is 31.7 Å². The number of carbonyl (C=O) groups is 2. The Morgan fingerprint density at radius 2 is 1.85 bits per heavy atom. The number of hydrogen-bond donors (Lipinski definition) is 1. The predicted molar refractivity (Wildman–Crippen MR) is 92.8 cm³/mol. The lowest BCUT2D eigenvalue weighted by Gasteiger charge is -2.12. The van der Waals surface area contributed by atoms with Crippen molar-refractivity contribution in [1.29, 1.82) is 0 Å². The van der Waals surface area contributed by atoms with Gasteiger partial charge in [0, 0.05) is 20.1 Å². The molecule has 11 heteroatoms. The highest BCUT2D eigenvalue weighted by molar-refractivity contribution is 7.91. The summed E-state index contributed by atoms with van der Waals surface area (Å²) in [5.41, 5.74) is 0.0963. The topological polar surface area (TPSA) is 127 Å². The van der Waals surface area contributed by atoms with Crippen molar-refractivity contribution in [3.63, 3.8) is 0 Å². The molecule has 1 saturated heterocycles. The Bertz CT molecular complexity index is 890. The van der Waals surface area contributed by atoms with E-state index in [1.54, 1.807) is 0 Å². The lowest BCUT2D eigenvalue weighted by atomic mass is 10.2. The molecular weight excluding hydrogens is 384 g/mol. The van der Waals surface area contributed by atoms with E-state index >= 15 is 0 Å². The van der Waals surface area contributed by atoms with Crippen LogP contribution in [0, 0.1) is 0 Å². The number of sulfone groups is 1. The van der Waals surface area contributed by atoms with E-state index in [0.717, 1.165) is 4.31 Å². The van der Waals surface area contributed by atoms with Gasteiger partial charge in [0.25, 0.3) is 5.91 Å². The van der Waals surface area contributed by atoms with Gasteiger partial charge < -0.3 is 10.1 Å². The first kappa shape index (κ1) is 20.3. The number of rotatable bonds is 6. The molecule has 0 saturated carbocycles. The molecule has 0 bridgehead atoms. The Labute approximate surface area is 152 Å². The number of amides is 1. The third-order valence-corrected chi connectivity index (χ3v) is 7.40. The molecule has 26 heavy (non-hydrogen) atoms. The molecule has 1 amide bonds. The van der Waals surface area contributed by atoms with E-state index in [0.29, 0.717) is 6.42 Å². The number of nitrogens with zero attached hydrogens (tertiary/aromatic N) is 1. The molecule has 0 spiro atoms. The number of sulfonamides is 1. The van der Waals surface area contributed by atoms with Crippen LogP contribution in [0.5, 0.6) is 0 Å². The lowest BCUT2D eigenvalue weighted by molar-refractivity contribution is -0.124. The van der Waals surface area contributed by atoms with Crippen molar-refractivity contribution < 1.29 is 31.2 Å². The Morgan fingerprint density at radius 1 is 1.23 bits per heavy atom. The van der Waals surface area contributed by atoms with Crippen LogP contribution in [0.15, 0.2) is 29.2 Å². The van der Waals surface area contributed by atoms with E-state index in [1.807, 2.05) is 0 Å². The summed E-state index contributed by atoms with van der Waals surface area (Å²) >= 11 is 0. The normalized spacial score (nSPS) is 19.3. The largest absolute Gasteiger partial charge is 0.452 e. The fraction of sp³-hybridized carbons (Fsp3) is 0.467. The van der Waals surface area contributed by atoms with Crippen LogP contribution in [0.25, 0.3) is 0 Å². The van der Waals surface area contributed by atoms with Crippen LogP contribution in [-0.4, -0.2) is 71.3 Å². The molecule has 0 aromatic heterocycles. The third kappa shape index (κ3) is 5.02. The number of nitrogens with one attached hydrogen (secondary N) is 1. The Hall–Kier alpha value is -1.98. The summed E-state index contributed by atoms with van der Waals surface area (Å²) in [5, 5.41) is 2.50. The zero-order valence-corrected chi connectivity index (χ0v) is 16.0. The van der Waals surface area contributed by atoms with Gasteiger partial charge >= 0.3 is 5.97 Å². The second kappa shape index (κ2) is 7.72. The molecule has 0 aliphatic carbocycles. The summed E-state index contributed by atoms with van der Waals surface area (Å²) in [5.74, 6) is -1.46. The second-order valence-corrected chi connectivity index (χ2v) is 10.4. The first-order valence-electron chi connectivity index (χ1n) is 7.71. The average Bonchev–Trinajstić information content (AvgIpc) is 2.91. The number of hydrogen-bond acceptors (Lipinski definition) is 7. The van der Waals surface area contributed by atoms with E-state index in [9.17, 15) is 26.4 Å². The van der Waals surface area contributed by atoms with E-state index in [1.165, 1.54) is 38.4 Å². The van der Waals surface area contributed by atoms with Crippen LogP contribution >= 0.6 is 0 Å². The van der Waals surface area contributed by atoms with Crippen molar-refractivity contribution in [2.24, 2.45) is 0 Å². The monoisotopic (exact) mass is 404 g/mol. The molecule has 1 aromatic rings. The molecule has 1 fully saturated rings. The van der Waals surface area contributed by atoms with E-state index < -0.39 is 44.4 Å². The molecule has 1 aliphatic heterocycles. The maximum absolute atomic E-state index is 12.0. The van der Waals surface area contributed by atoms with Crippen molar-refractivity contribution in [3.05, 3.63) is 29.8 Å². The van der Waals surface area contributed by atoms with Crippen LogP contribution < -0.4 is 5.32 Å². The summed E-state index contributed by atoms with van der Waals surface area (Å²) in [6.07, 6.45) is 0.337. The Morgan fingerprint density at radius 3 is 2.35 bits per heavy atom. The summed E-state index contributed by atoms with van der Waals surface area (Å²) in [7, 11) is -3.92. The highest BCUT2D eigenvalue weighted by Crippen LogP contribution is 2.15. The Balaban J connectivity index is 1.89. The van der Waals surface area contributed by atoms with Crippen molar-refractivity contribution in [2.45, 2.75) is 17.4 Å². The Kier molecular flexibility index (Phi) is 6.04. The first-order valence-corrected chi connectivity index (χ1v) is 11.0. The van der Waals surface area contributed by atoms with Gasteiger partial charge in [-0.25, -0.2) is 25.9 Å². The second-order valence-electron chi connectivity index (χ2n) is 6.06. The molecule has 1 atom stereocenters. The number of carbonyl (C=O) groups excluding carboxylic acids is 2. The molecule has 144 valence electrons. The van der Waals surface area contributed by atoms with Crippen LogP contribution in [0.3, 0.4) is 0 Å². The van der Waals surface area contributed by atoms with Crippen LogP contribution in [0.1, 0.15) is 16.8 Å². The van der Waals surface area contributed by atoms with Crippen LogP contribution in [0.4, 0.5) is 0 Å². The maximum Gasteiger partial charge on any atom is 0.338 e. The van der Waals surface area contributed by atoms with Gasteiger partial charge in [0.15, 0.2) is 16.4 Å². The van der Waals surface area contributed by atoms with Gasteiger partial charge in [-0.2, -0.15) is 0 Å². The van der Waals surface area contributed by atoms with Gasteiger partial charge in [0.1, 0.15) is 0 Å². The predicted octanol–water partition coefficient (Wildman–Crippen LogP) is -0.603. The quantitative estimate of drug-likeness (QED) is 0.627. The average molecular weight is 404 g/mol. The first-order chi connectivity index (χ1) is 12.0. The minimum absolute atomic E-state index is 0.0271. The summed E-state index contributed by atoms with van der Waals surface area (Å²) in [6.45, 7) is -0.548. The molecule has 1 unspecified atom stereocenters. The molecule has 1 N–H and O–H groups in total. The zero-order valence-electron chi connectivity index (χ0n) is 14.3. The highest BCUT2D eigenvalue weighted by atomic mass is 32.2. The SMILES string of the molecule is CN(C)S(=O)(=O)c1ccc(C(=O)OCC(=O)NC2CCS(=O)(=O)C2)cc1. The summed E-state index contributed by atoms with van der Waals surface area (Å²) in [4.78, 5) is 23.7. The zero-order chi connectivity index (χ0) is 19.5. The fourth-order valence-electron chi connectivity index (χ4n) is 2.37. The van der Waals surface area contributed by atoms with Gasteiger partial charge in [0.2, 0.25) is 10.0 Å². The summed E-state index contributed by atoms with van der Waals surface area (Å²) < 4.78 is 52.5. The third-order valence-electron chi connectivity index (χ3n) is 3.80. The number of ether oxygens (including phenoxy) is 1. The molecule has 1 aromatic carbocycles. The van der Waals surface area contributed by atoms with Crippen molar-refractivity contribution in [3.8, 4) is 0 Å². The molecular formula is C15H20N2O7S2. The van der Waals surface area contributed by atoms with Gasteiger partial charge in [-0.05, 0) is 30.7 Å². The fourth-order valence-corrected chi connectivity index (χ4v) is 4.94. The van der Waals surface area contributed by atoms with Gasteiger partial charge in [-0.1, -0.05) is 0 Å². The standard InChI is InChI=1S/C15H20N2O7S2/c1-17(2)26(22,23)13-5-3-11(4-6-13)15(19)24-9-14(18)16-12-7-8-25(20,21)10-12/h3-6,12H,7-10H2,1-2H3,(H,16,18). The van der Waals surface area contributed by atoms with Gasteiger partial charge in [-0.3, -0.25) is 4.79 Å². The minimum Gasteiger partial charge on any atom is -0.452 e. The maximum atomic E-state index is 12.0. The van der Waals surface area contributed by atoms with Gasteiger partial charge in [0.05, 0.1) is 22.0 Å². The summed E-state index contributed by atoms with van der Waals surface area (Å²) in [6, 6.07) is 4.66. The van der Waals surface area contributed by atoms with E-state index in [2.05, 4.69) is 5.32 Å². The molecule has 0 radical (unpaired) electrons. The minimum atomic E-state index is -3.60. The van der Waals surface area contributed by atoms with Crippen molar-refractivity contribution in [1.82, 2.24) is 9.62 Å². The molecule has 1 aliphatic rings. The lowest BCUT2D eigenvalue weighted by Crippen LogP contribution is -2.38.